The Morgan fingerprint density at radius 1 is 1.47 bits per heavy atom. The molecule has 0 N–H and O–H groups in total. The number of ether oxygens (including phenoxy) is 1. The molecule has 19 heavy (non-hydrogen) atoms. The van der Waals surface area contributed by atoms with Crippen molar-refractivity contribution in [1.29, 1.82) is 5.26 Å². The van der Waals surface area contributed by atoms with Gasteiger partial charge in [0, 0.05) is 0 Å². The molecule has 1 aromatic heterocycles. The van der Waals surface area contributed by atoms with Gasteiger partial charge >= 0.3 is 5.97 Å². The third kappa shape index (κ3) is 2.77. The highest BCUT2D eigenvalue weighted by atomic mass is 16.5. The van der Waals surface area contributed by atoms with E-state index in [1.807, 2.05) is 24.3 Å². The second kappa shape index (κ2) is 5.78. The van der Waals surface area contributed by atoms with Crippen LogP contribution >= 0.6 is 0 Å². The molecule has 0 saturated carbocycles. The lowest BCUT2D eigenvalue weighted by Crippen LogP contribution is -2.23. The summed E-state index contributed by atoms with van der Waals surface area (Å²) in [4.78, 5) is 15.9. The van der Waals surface area contributed by atoms with E-state index >= 15 is 0 Å². The van der Waals surface area contributed by atoms with Crippen molar-refractivity contribution in [3.8, 4) is 6.07 Å². The number of rotatable bonds is 4. The minimum atomic E-state index is -0.726. The van der Waals surface area contributed by atoms with E-state index < -0.39 is 12.0 Å². The van der Waals surface area contributed by atoms with E-state index in [0.717, 1.165) is 5.56 Å². The highest BCUT2D eigenvalue weighted by Crippen LogP contribution is 2.18. The number of hydrogen-bond acceptors (Lipinski definition) is 5. The fourth-order valence-corrected chi connectivity index (χ4v) is 1.70. The van der Waals surface area contributed by atoms with E-state index in [9.17, 15) is 4.79 Å². The fraction of sp³-hybridized carbons (Fsp3) is 0.231. The predicted molar refractivity (Wildman–Crippen MR) is 66.0 cm³/mol. The molecule has 0 fully saturated rings. The molecular weight excluding hydrogens is 244 g/mol. The van der Waals surface area contributed by atoms with Crippen LogP contribution in [0, 0.1) is 11.3 Å². The van der Waals surface area contributed by atoms with Crippen LogP contribution in [0.3, 0.4) is 0 Å². The number of esters is 1. The normalized spacial score (nSPS) is 11.6. The van der Waals surface area contributed by atoms with E-state index in [-0.39, 0.29) is 12.4 Å². The molecule has 1 unspecified atom stereocenters. The number of hydrogen-bond donors (Lipinski definition) is 0. The number of nitrogens with zero attached hydrogens (tertiary/aromatic N) is 4. The maximum Gasteiger partial charge on any atom is 0.335 e. The van der Waals surface area contributed by atoms with Gasteiger partial charge in [-0.25, -0.2) is 14.5 Å². The van der Waals surface area contributed by atoms with Crippen LogP contribution in [0.4, 0.5) is 0 Å². The molecule has 1 heterocycles. The van der Waals surface area contributed by atoms with Crippen molar-refractivity contribution in [2.24, 2.45) is 0 Å². The van der Waals surface area contributed by atoms with Crippen molar-refractivity contribution in [3.05, 3.63) is 48.0 Å². The maximum absolute atomic E-state index is 12.0. The van der Waals surface area contributed by atoms with E-state index in [1.54, 1.807) is 19.1 Å². The quantitative estimate of drug-likeness (QED) is 0.770. The molecule has 2 aromatic rings. The second-order valence-electron chi connectivity index (χ2n) is 3.73. The Morgan fingerprint density at radius 3 is 2.79 bits per heavy atom. The minimum Gasteiger partial charge on any atom is -0.464 e. The summed E-state index contributed by atoms with van der Waals surface area (Å²) >= 11 is 0. The van der Waals surface area contributed by atoms with Gasteiger partial charge in [-0.2, -0.15) is 5.26 Å². The number of carbonyl (C=O) groups is 1. The van der Waals surface area contributed by atoms with Crippen molar-refractivity contribution in [1.82, 2.24) is 14.8 Å². The van der Waals surface area contributed by atoms with Crippen LogP contribution in [-0.2, 0) is 9.53 Å². The third-order valence-electron chi connectivity index (χ3n) is 2.50. The molecule has 0 radical (unpaired) electrons. The molecule has 0 aliphatic rings. The monoisotopic (exact) mass is 256 g/mol. The van der Waals surface area contributed by atoms with E-state index in [4.69, 9.17) is 10.00 Å². The minimum absolute atomic E-state index is 0.0187. The maximum atomic E-state index is 12.0. The molecule has 6 nitrogen and oxygen atoms in total. The van der Waals surface area contributed by atoms with Gasteiger partial charge in [0.2, 0.25) is 0 Å². The zero-order valence-electron chi connectivity index (χ0n) is 10.4. The highest BCUT2D eigenvalue weighted by Gasteiger charge is 2.25. The number of aromatic nitrogens is 3. The standard InChI is InChI=1S/C13H12N4O2/c1-2-19-13(18)12(10-6-4-3-5-7-10)17-9-15-11(8-14)16-17/h3-7,9,12H,2H2,1H3. The van der Waals surface area contributed by atoms with Gasteiger partial charge in [0.15, 0.2) is 6.04 Å². The molecule has 0 saturated heterocycles. The molecule has 2 rings (SSSR count). The van der Waals surface area contributed by atoms with Crippen molar-refractivity contribution in [2.75, 3.05) is 6.61 Å². The van der Waals surface area contributed by atoms with Gasteiger partial charge in [-0.1, -0.05) is 30.3 Å². The summed E-state index contributed by atoms with van der Waals surface area (Å²) in [5.41, 5.74) is 0.732. The SMILES string of the molecule is CCOC(=O)C(c1ccccc1)n1cnc(C#N)n1. The van der Waals surface area contributed by atoms with E-state index in [2.05, 4.69) is 10.1 Å². The zero-order valence-corrected chi connectivity index (χ0v) is 10.4. The Bertz CT molecular complexity index is 601. The Balaban J connectivity index is 2.40. The van der Waals surface area contributed by atoms with Gasteiger partial charge in [0.25, 0.3) is 5.82 Å². The molecule has 0 bridgehead atoms. The lowest BCUT2D eigenvalue weighted by Gasteiger charge is -2.15. The van der Waals surface area contributed by atoms with Crippen LogP contribution in [-0.4, -0.2) is 27.3 Å². The first kappa shape index (κ1) is 12.8. The average Bonchev–Trinajstić information content (AvgIpc) is 2.89. The Hall–Kier alpha value is -2.68. The van der Waals surface area contributed by atoms with Crippen molar-refractivity contribution >= 4 is 5.97 Å². The number of nitriles is 1. The largest absolute Gasteiger partial charge is 0.464 e. The molecular formula is C13H12N4O2. The smallest absolute Gasteiger partial charge is 0.335 e. The van der Waals surface area contributed by atoms with Crippen LogP contribution < -0.4 is 0 Å². The Labute approximate surface area is 110 Å². The first-order valence-electron chi connectivity index (χ1n) is 5.79. The molecule has 0 aliphatic heterocycles. The predicted octanol–water partition coefficient (Wildman–Crippen LogP) is 1.30. The van der Waals surface area contributed by atoms with E-state index in [0.29, 0.717) is 0 Å². The number of carbonyl (C=O) groups excluding carboxylic acids is 1. The molecule has 1 atom stereocenters. The van der Waals surface area contributed by atoms with Crippen molar-refractivity contribution < 1.29 is 9.53 Å². The molecule has 1 aromatic carbocycles. The van der Waals surface area contributed by atoms with Gasteiger partial charge in [-0.05, 0) is 12.5 Å². The van der Waals surface area contributed by atoms with Crippen molar-refractivity contribution in [3.63, 3.8) is 0 Å². The topological polar surface area (TPSA) is 80.8 Å². The van der Waals surface area contributed by atoms with Crippen LogP contribution in [0.5, 0.6) is 0 Å². The molecule has 6 heteroatoms. The summed E-state index contributed by atoms with van der Waals surface area (Å²) in [5.74, 6) is -0.409. The van der Waals surface area contributed by atoms with Gasteiger partial charge in [-0.3, -0.25) is 0 Å². The van der Waals surface area contributed by atoms with Gasteiger partial charge < -0.3 is 4.74 Å². The van der Waals surface area contributed by atoms with Crippen LogP contribution in [0.2, 0.25) is 0 Å². The van der Waals surface area contributed by atoms with Gasteiger partial charge in [0.05, 0.1) is 6.61 Å². The lowest BCUT2D eigenvalue weighted by molar-refractivity contribution is -0.146. The summed E-state index contributed by atoms with van der Waals surface area (Å²) in [6.45, 7) is 2.02. The van der Waals surface area contributed by atoms with Crippen LogP contribution in [0.25, 0.3) is 0 Å². The molecule has 0 spiro atoms. The zero-order chi connectivity index (χ0) is 13.7. The summed E-state index contributed by atoms with van der Waals surface area (Å²) in [5, 5.41) is 12.7. The van der Waals surface area contributed by atoms with Crippen molar-refractivity contribution in [2.45, 2.75) is 13.0 Å². The van der Waals surface area contributed by atoms with Gasteiger partial charge in [0.1, 0.15) is 12.4 Å². The Morgan fingerprint density at radius 2 is 2.21 bits per heavy atom. The summed E-state index contributed by atoms with van der Waals surface area (Å²) in [6, 6.07) is 10.2. The second-order valence-corrected chi connectivity index (χ2v) is 3.73. The summed E-state index contributed by atoms with van der Waals surface area (Å²) in [7, 11) is 0. The highest BCUT2D eigenvalue weighted by molar-refractivity contribution is 5.77. The molecule has 0 amide bonds. The molecule has 0 aliphatic carbocycles. The first-order valence-corrected chi connectivity index (χ1v) is 5.79. The average molecular weight is 256 g/mol. The Kier molecular flexibility index (Phi) is 3.88. The summed E-state index contributed by atoms with van der Waals surface area (Å²) in [6.07, 6.45) is 1.35. The van der Waals surface area contributed by atoms with Crippen LogP contribution in [0.1, 0.15) is 24.4 Å². The number of benzene rings is 1. The molecule has 96 valence electrons. The lowest BCUT2D eigenvalue weighted by atomic mass is 10.1. The van der Waals surface area contributed by atoms with E-state index in [1.165, 1.54) is 11.0 Å². The first-order chi connectivity index (χ1) is 9.26. The third-order valence-corrected chi connectivity index (χ3v) is 2.50. The van der Waals surface area contributed by atoms with Crippen LogP contribution in [0.15, 0.2) is 36.7 Å². The fourth-order valence-electron chi connectivity index (χ4n) is 1.70. The summed E-state index contributed by atoms with van der Waals surface area (Å²) < 4.78 is 6.38. The van der Waals surface area contributed by atoms with Gasteiger partial charge in [-0.15, -0.1) is 5.10 Å².